The van der Waals surface area contributed by atoms with Crippen molar-refractivity contribution in [3.05, 3.63) is 23.8 Å². The molecule has 6 heteroatoms. The molecule has 1 aromatic carbocycles. The smallest absolute Gasteiger partial charge is 0.257 e. The summed E-state index contributed by atoms with van der Waals surface area (Å²) in [5, 5.41) is 6.82. The number of benzene rings is 1. The molecule has 124 valence electrons. The molecule has 0 atom stereocenters. The lowest BCUT2D eigenvalue weighted by Gasteiger charge is -2.19. The highest BCUT2D eigenvalue weighted by Crippen LogP contribution is 2.41. The predicted octanol–water partition coefficient (Wildman–Crippen LogP) is 2.26. The van der Waals surface area contributed by atoms with Gasteiger partial charge in [0.15, 0.2) is 18.1 Å². The van der Waals surface area contributed by atoms with E-state index in [0.717, 1.165) is 30.5 Å². The summed E-state index contributed by atoms with van der Waals surface area (Å²) in [6.45, 7) is -0.0524. The van der Waals surface area contributed by atoms with Gasteiger partial charge in [0.05, 0.1) is 12.8 Å². The van der Waals surface area contributed by atoms with Crippen LogP contribution in [-0.2, 0) is 9.63 Å². The van der Waals surface area contributed by atoms with E-state index in [1.165, 1.54) is 12.8 Å². The number of oxime groups is 1. The van der Waals surface area contributed by atoms with Crippen molar-refractivity contribution in [2.24, 2.45) is 5.16 Å². The SMILES string of the molecule is CNC(=O)COc1cc(C2=NOC3(CCCC3)C2)ccc1OC. The van der Waals surface area contributed by atoms with Gasteiger partial charge in [0.25, 0.3) is 5.91 Å². The molecule has 0 bridgehead atoms. The van der Waals surface area contributed by atoms with E-state index in [-0.39, 0.29) is 18.1 Å². The van der Waals surface area contributed by atoms with Crippen molar-refractivity contribution in [2.45, 2.75) is 37.7 Å². The van der Waals surface area contributed by atoms with Crippen molar-refractivity contribution in [3.8, 4) is 11.5 Å². The standard InChI is InChI=1S/C17H22N2O4/c1-18-16(20)11-22-15-9-12(5-6-14(15)21-2)13-10-17(23-19-13)7-3-4-8-17/h5-6,9H,3-4,7-8,10-11H2,1-2H3,(H,18,20). The second-order valence-electron chi connectivity index (χ2n) is 6.02. The molecule has 1 fully saturated rings. The molecule has 1 aromatic rings. The number of hydrogen-bond acceptors (Lipinski definition) is 5. The summed E-state index contributed by atoms with van der Waals surface area (Å²) < 4.78 is 10.9. The van der Waals surface area contributed by atoms with Crippen molar-refractivity contribution < 1.29 is 19.1 Å². The molecule has 0 radical (unpaired) electrons. The molecule has 0 aromatic heterocycles. The maximum Gasteiger partial charge on any atom is 0.257 e. The summed E-state index contributed by atoms with van der Waals surface area (Å²) in [4.78, 5) is 17.1. The quantitative estimate of drug-likeness (QED) is 0.904. The average molecular weight is 318 g/mol. The van der Waals surface area contributed by atoms with Crippen LogP contribution in [0.15, 0.2) is 23.4 Å². The van der Waals surface area contributed by atoms with Gasteiger partial charge >= 0.3 is 0 Å². The molecule has 1 spiro atoms. The van der Waals surface area contributed by atoms with Gasteiger partial charge in [-0.05, 0) is 43.9 Å². The van der Waals surface area contributed by atoms with Crippen molar-refractivity contribution in [3.63, 3.8) is 0 Å². The minimum atomic E-state index is -0.191. The van der Waals surface area contributed by atoms with Gasteiger partial charge in [-0.1, -0.05) is 5.16 Å². The van der Waals surface area contributed by atoms with Crippen molar-refractivity contribution in [2.75, 3.05) is 20.8 Å². The zero-order valence-corrected chi connectivity index (χ0v) is 13.6. The van der Waals surface area contributed by atoms with Crippen LogP contribution < -0.4 is 14.8 Å². The zero-order chi connectivity index (χ0) is 16.3. The molecule has 1 N–H and O–H groups in total. The van der Waals surface area contributed by atoms with E-state index in [0.29, 0.717) is 11.5 Å². The summed E-state index contributed by atoms with van der Waals surface area (Å²) >= 11 is 0. The van der Waals surface area contributed by atoms with E-state index in [9.17, 15) is 4.79 Å². The van der Waals surface area contributed by atoms with Crippen LogP contribution >= 0.6 is 0 Å². The minimum Gasteiger partial charge on any atom is -0.493 e. The molecule has 1 aliphatic heterocycles. The van der Waals surface area contributed by atoms with Crippen LogP contribution in [0.5, 0.6) is 11.5 Å². The number of nitrogens with zero attached hydrogens (tertiary/aromatic N) is 1. The van der Waals surface area contributed by atoms with Crippen LogP contribution in [0.3, 0.4) is 0 Å². The Hall–Kier alpha value is -2.24. The second kappa shape index (κ2) is 6.48. The number of carbonyl (C=O) groups is 1. The van der Waals surface area contributed by atoms with Crippen LogP contribution in [0.25, 0.3) is 0 Å². The van der Waals surface area contributed by atoms with E-state index >= 15 is 0 Å². The van der Waals surface area contributed by atoms with Crippen LogP contribution in [0, 0.1) is 0 Å². The number of hydrogen-bond donors (Lipinski definition) is 1. The number of rotatable bonds is 5. The maximum absolute atomic E-state index is 11.4. The van der Waals surface area contributed by atoms with E-state index in [1.807, 2.05) is 18.2 Å². The molecule has 6 nitrogen and oxygen atoms in total. The van der Waals surface area contributed by atoms with Gasteiger partial charge in [-0.25, -0.2) is 0 Å². The van der Waals surface area contributed by atoms with E-state index in [1.54, 1.807) is 14.2 Å². The molecule has 1 saturated carbocycles. The Labute approximate surface area is 135 Å². The first-order valence-electron chi connectivity index (χ1n) is 7.93. The highest BCUT2D eigenvalue weighted by Gasteiger charge is 2.42. The van der Waals surface area contributed by atoms with Gasteiger partial charge in [0.1, 0.15) is 5.60 Å². The third kappa shape index (κ3) is 3.25. The fourth-order valence-corrected chi connectivity index (χ4v) is 3.15. The van der Waals surface area contributed by atoms with Gasteiger partial charge in [-0.2, -0.15) is 0 Å². The van der Waals surface area contributed by atoms with Crippen molar-refractivity contribution in [1.82, 2.24) is 5.32 Å². The Morgan fingerprint density at radius 3 is 2.83 bits per heavy atom. The lowest BCUT2D eigenvalue weighted by atomic mass is 9.93. The highest BCUT2D eigenvalue weighted by atomic mass is 16.7. The van der Waals surface area contributed by atoms with Crippen LogP contribution in [0.1, 0.15) is 37.7 Å². The van der Waals surface area contributed by atoms with E-state index in [4.69, 9.17) is 14.3 Å². The Kier molecular flexibility index (Phi) is 4.41. The molecule has 3 rings (SSSR count). The van der Waals surface area contributed by atoms with Gasteiger partial charge in [0, 0.05) is 19.0 Å². The Bertz CT molecular complexity index is 621. The van der Waals surface area contributed by atoms with Crippen LogP contribution in [0.4, 0.5) is 0 Å². The minimum absolute atomic E-state index is 0.0524. The van der Waals surface area contributed by atoms with Gasteiger partial charge in [-0.3, -0.25) is 4.79 Å². The Morgan fingerprint density at radius 2 is 2.13 bits per heavy atom. The summed E-state index contributed by atoms with van der Waals surface area (Å²) in [7, 11) is 3.15. The first kappa shape index (κ1) is 15.6. The summed E-state index contributed by atoms with van der Waals surface area (Å²) in [6, 6.07) is 5.64. The molecule has 23 heavy (non-hydrogen) atoms. The molecular formula is C17H22N2O4. The average Bonchev–Trinajstić information content (AvgIpc) is 3.22. The van der Waals surface area contributed by atoms with E-state index in [2.05, 4.69) is 10.5 Å². The number of likely N-dealkylation sites (N-methyl/N-ethyl adjacent to an activating group) is 1. The van der Waals surface area contributed by atoms with Gasteiger partial charge in [-0.15, -0.1) is 0 Å². The molecule has 1 aliphatic carbocycles. The van der Waals surface area contributed by atoms with Crippen LogP contribution in [0.2, 0.25) is 0 Å². The highest BCUT2D eigenvalue weighted by molar-refractivity contribution is 6.02. The number of amides is 1. The summed E-state index contributed by atoms with van der Waals surface area (Å²) in [5.74, 6) is 0.931. The first-order chi connectivity index (χ1) is 11.2. The van der Waals surface area contributed by atoms with Crippen molar-refractivity contribution >= 4 is 11.6 Å². The Balaban J connectivity index is 1.76. The molecule has 0 saturated heterocycles. The largest absolute Gasteiger partial charge is 0.493 e. The number of ether oxygens (including phenoxy) is 2. The topological polar surface area (TPSA) is 69.2 Å². The van der Waals surface area contributed by atoms with Crippen molar-refractivity contribution in [1.29, 1.82) is 0 Å². The van der Waals surface area contributed by atoms with Gasteiger partial charge in [0.2, 0.25) is 0 Å². The summed E-state index contributed by atoms with van der Waals surface area (Å²) in [5.41, 5.74) is 1.78. The molecule has 0 unspecified atom stereocenters. The number of methoxy groups -OCH3 is 1. The lowest BCUT2D eigenvalue weighted by Crippen LogP contribution is -2.25. The molecule has 1 heterocycles. The number of nitrogens with one attached hydrogen (secondary N) is 1. The first-order valence-corrected chi connectivity index (χ1v) is 7.93. The fraction of sp³-hybridized carbons (Fsp3) is 0.529. The molecule has 1 amide bonds. The number of carbonyl (C=O) groups excluding carboxylic acids is 1. The summed E-state index contributed by atoms with van der Waals surface area (Å²) in [6.07, 6.45) is 5.36. The second-order valence-corrected chi connectivity index (χ2v) is 6.02. The molecule has 2 aliphatic rings. The predicted molar refractivity (Wildman–Crippen MR) is 86.0 cm³/mol. The Morgan fingerprint density at radius 1 is 1.35 bits per heavy atom. The van der Waals surface area contributed by atoms with E-state index < -0.39 is 0 Å². The molecular weight excluding hydrogens is 296 g/mol. The zero-order valence-electron chi connectivity index (χ0n) is 13.6. The lowest BCUT2D eigenvalue weighted by molar-refractivity contribution is -0.122. The third-order valence-corrected chi connectivity index (χ3v) is 4.49. The fourth-order valence-electron chi connectivity index (χ4n) is 3.15. The third-order valence-electron chi connectivity index (χ3n) is 4.49. The monoisotopic (exact) mass is 318 g/mol. The maximum atomic E-state index is 11.4. The van der Waals surface area contributed by atoms with Gasteiger partial charge < -0.3 is 19.6 Å². The normalized spacial score (nSPS) is 18.4. The van der Waals surface area contributed by atoms with Crippen LogP contribution in [-0.4, -0.2) is 38.0 Å².